The molecule has 3 N–H and O–H groups in total. The maximum atomic E-state index is 11.9. The van der Waals surface area contributed by atoms with Crippen LogP contribution in [0.5, 0.6) is 0 Å². The van der Waals surface area contributed by atoms with Gasteiger partial charge in [0.15, 0.2) is 0 Å². The SMILES string of the molecule is CC(C)(C)c1cc(Nc2ncc3c4c([se]c3n2)CCCC4)c(C(N)=O)s1. The van der Waals surface area contributed by atoms with Gasteiger partial charge in [0.25, 0.3) is 0 Å². The van der Waals surface area contributed by atoms with E-state index in [-0.39, 0.29) is 5.41 Å². The van der Waals surface area contributed by atoms with Crippen LogP contribution in [-0.4, -0.2) is 30.4 Å². The topological polar surface area (TPSA) is 80.9 Å². The van der Waals surface area contributed by atoms with Gasteiger partial charge >= 0.3 is 163 Å². The van der Waals surface area contributed by atoms with Crippen molar-refractivity contribution < 1.29 is 4.79 Å². The molecule has 26 heavy (non-hydrogen) atoms. The van der Waals surface area contributed by atoms with E-state index in [1.165, 1.54) is 41.5 Å². The molecular weight excluding hydrogens is 411 g/mol. The Labute approximate surface area is 162 Å². The van der Waals surface area contributed by atoms with Crippen LogP contribution in [0.25, 0.3) is 9.78 Å². The van der Waals surface area contributed by atoms with Crippen LogP contribution < -0.4 is 11.1 Å². The van der Waals surface area contributed by atoms with Gasteiger partial charge in [-0.1, -0.05) is 0 Å². The van der Waals surface area contributed by atoms with Crippen LogP contribution in [0.2, 0.25) is 0 Å². The molecule has 0 saturated heterocycles. The number of fused-ring (bicyclic) bond motifs is 3. The summed E-state index contributed by atoms with van der Waals surface area (Å²) in [4.78, 5) is 22.8. The minimum atomic E-state index is -0.421. The molecule has 0 fully saturated rings. The molecule has 3 aromatic rings. The van der Waals surface area contributed by atoms with Crippen molar-refractivity contribution in [2.75, 3.05) is 5.32 Å². The van der Waals surface area contributed by atoms with E-state index in [1.807, 2.05) is 12.3 Å². The number of aromatic nitrogens is 2. The second-order valence-corrected chi connectivity index (χ2v) is 11.0. The first kappa shape index (κ1) is 17.7. The van der Waals surface area contributed by atoms with Crippen LogP contribution in [-0.2, 0) is 18.3 Å². The number of amides is 1. The number of carbonyl (C=O) groups excluding carboxylic acids is 1. The average Bonchev–Trinajstić information content (AvgIpc) is 3.15. The number of hydrogen-bond donors (Lipinski definition) is 2. The fraction of sp³-hybridized carbons (Fsp3) is 0.421. The Morgan fingerprint density at radius 2 is 2.08 bits per heavy atom. The minimum absolute atomic E-state index is 0.0420. The molecule has 7 heteroatoms. The quantitative estimate of drug-likeness (QED) is 0.617. The van der Waals surface area contributed by atoms with Crippen molar-refractivity contribution in [3.05, 3.63) is 32.0 Å². The summed E-state index contributed by atoms with van der Waals surface area (Å²) in [6, 6.07) is 2.00. The van der Waals surface area contributed by atoms with Crippen LogP contribution >= 0.6 is 11.3 Å². The summed E-state index contributed by atoms with van der Waals surface area (Å²) in [5, 5.41) is 4.47. The Hall–Kier alpha value is -1.69. The molecule has 0 spiro atoms. The van der Waals surface area contributed by atoms with Crippen molar-refractivity contribution in [3.8, 4) is 0 Å². The van der Waals surface area contributed by atoms with Gasteiger partial charge in [-0.2, -0.15) is 0 Å². The van der Waals surface area contributed by atoms with Gasteiger partial charge in [0, 0.05) is 0 Å². The predicted octanol–water partition coefficient (Wildman–Crippen LogP) is 3.77. The van der Waals surface area contributed by atoms with E-state index in [0.29, 0.717) is 31.0 Å². The molecule has 3 aromatic heterocycles. The van der Waals surface area contributed by atoms with Crippen molar-refractivity contribution in [3.63, 3.8) is 0 Å². The Kier molecular flexibility index (Phi) is 4.41. The number of hydrogen-bond acceptors (Lipinski definition) is 5. The number of anilines is 2. The molecule has 0 aliphatic heterocycles. The second-order valence-electron chi connectivity index (χ2n) is 7.72. The molecule has 1 aliphatic carbocycles. The van der Waals surface area contributed by atoms with Gasteiger partial charge in [0.1, 0.15) is 0 Å². The van der Waals surface area contributed by atoms with E-state index in [9.17, 15) is 4.79 Å². The number of nitrogens with two attached hydrogens (primary N) is 1. The van der Waals surface area contributed by atoms with Gasteiger partial charge < -0.3 is 0 Å². The zero-order chi connectivity index (χ0) is 18.5. The van der Waals surface area contributed by atoms with Crippen molar-refractivity contribution in [2.24, 2.45) is 5.73 Å². The van der Waals surface area contributed by atoms with Gasteiger partial charge in [-0.25, -0.2) is 0 Å². The number of rotatable bonds is 3. The van der Waals surface area contributed by atoms with E-state index >= 15 is 0 Å². The van der Waals surface area contributed by atoms with Crippen LogP contribution in [0, 0.1) is 0 Å². The molecule has 1 aliphatic rings. The molecule has 0 unspecified atom stereocenters. The van der Waals surface area contributed by atoms with E-state index in [2.05, 4.69) is 31.1 Å². The Bertz CT molecular complexity index is 999. The monoisotopic (exact) mass is 434 g/mol. The fourth-order valence-electron chi connectivity index (χ4n) is 3.26. The summed E-state index contributed by atoms with van der Waals surface area (Å²) >= 11 is 1.75. The molecule has 0 bridgehead atoms. The third-order valence-electron chi connectivity index (χ3n) is 4.66. The molecule has 4 rings (SSSR count). The van der Waals surface area contributed by atoms with Crippen molar-refractivity contribution in [2.45, 2.75) is 51.9 Å². The van der Waals surface area contributed by atoms with Crippen LogP contribution in [0.1, 0.15) is 58.2 Å². The van der Waals surface area contributed by atoms with Crippen molar-refractivity contribution in [1.29, 1.82) is 0 Å². The third kappa shape index (κ3) is 3.20. The molecule has 0 aromatic carbocycles. The molecule has 136 valence electrons. The second kappa shape index (κ2) is 6.48. The molecule has 0 atom stereocenters. The fourth-order valence-corrected chi connectivity index (χ4v) is 6.87. The first-order valence-electron chi connectivity index (χ1n) is 8.81. The Morgan fingerprint density at radius 1 is 1.31 bits per heavy atom. The Balaban J connectivity index is 1.71. The zero-order valence-electron chi connectivity index (χ0n) is 15.2. The summed E-state index contributed by atoms with van der Waals surface area (Å²) < 4.78 is 2.75. The number of aryl methyl sites for hydroxylation is 2. The van der Waals surface area contributed by atoms with Crippen LogP contribution in [0.15, 0.2) is 12.3 Å². The molecule has 1 amide bonds. The molecule has 5 nitrogen and oxygen atoms in total. The van der Waals surface area contributed by atoms with E-state index in [1.54, 1.807) is 4.44 Å². The third-order valence-corrected chi connectivity index (χ3v) is 8.75. The number of nitrogens with one attached hydrogen (secondary N) is 1. The normalized spacial score (nSPS) is 14.4. The van der Waals surface area contributed by atoms with Gasteiger partial charge in [0.2, 0.25) is 0 Å². The zero-order valence-corrected chi connectivity index (χ0v) is 17.7. The average molecular weight is 433 g/mol. The number of primary amides is 1. The number of carbonyl (C=O) groups is 1. The molecule has 0 radical (unpaired) electrons. The summed E-state index contributed by atoms with van der Waals surface area (Å²) in [7, 11) is 0. The van der Waals surface area contributed by atoms with Crippen molar-refractivity contribution in [1.82, 2.24) is 9.97 Å². The van der Waals surface area contributed by atoms with Gasteiger partial charge in [-0.15, -0.1) is 0 Å². The van der Waals surface area contributed by atoms with Gasteiger partial charge in [-0.05, 0) is 0 Å². The van der Waals surface area contributed by atoms with Crippen LogP contribution in [0.3, 0.4) is 0 Å². The summed E-state index contributed by atoms with van der Waals surface area (Å²) in [6.45, 7) is 6.37. The van der Waals surface area contributed by atoms with E-state index < -0.39 is 5.91 Å². The summed E-state index contributed by atoms with van der Waals surface area (Å²) in [5.74, 6) is 0.127. The summed E-state index contributed by atoms with van der Waals surface area (Å²) in [6.07, 6.45) is 6.87. The van der Waals surface area contributed by atoms with Gasteiger partial charge in [0.05, 0.1) is 0 Å². The first-order valence-corrected chi connectivity index (χ1v) is 11.3. The standard InChI is InChI=1S/C19H22N4OSSe/c1-19(2,3)14-8-12(15(25-14)16(20)24)22-18-21-9-11-10-6-4-5-7-13(10)26-17(11)23-18/h8-9H,4-7H2,1-3H3,(H2,20,24)(H,21,22,23). The van der Waals surface area contributed by atoms with Gasteiger partial charge in [-0.3, -0.25) is 0 Å². The first-order chi connectivity index (χ1) is 12.3. The van der Waals surface area contributed by atoms with E-state index in [0.717, 1.165) is 15.7 Å². The predicted molar refractivity (Wildman–Crippen MR) is 108 cm³/mol. The number of thiophene rings is 1. The summed E-state index contributed by atoms with van der Waals surface area (Å²) in [5.41, 5.74) is 7.73. The van der Waals surface area contributed by atoms with Crippen LogP contribution in [0.4, 0.5) is 11.6 Å². The Morgan fingerprint density at radius 3 is 2.81 bits per heavy atom. The maximum absolute atomic E-state index is 11.9. The molecular formula is C19H22N4OSSe. The molecule has 0 saturated carbocycles. The van der Waals surface area contributed by atoms with Crippen molar-refractivity contribution >= 4 is 53.2 Å². The number of nitrogens with zero attached hydrogens (tertiary/aromatic N) is 2. The van der Waals surface area contributed by atoms with E-state index in [4.69, 9.17) is 10.7 Å². The molecule has 3 heterocycles.